The lowest BCUT2D eigenvalue weighted by Gasteiger charge is -2.49. The summed E-state index contributed by atoms with van der Waals surface area (Å²) in [6, 6.07) is 9.31. The summed E-state index contributed by atoms with van der Waals surface area (Å²) in [6.07, 6.45) is 0. The van der Waals surface area contributed by atoms with Gasteiger partial charge in [0.15, 0.2) is 11.5 Å². The Balaban J connectivity index is 1.47. The molecule has 0 radical (unpaired) electrons. The van der Waals surface area contributed by atoms with E-state index in [0.717, 1.165) is 34.1 Å². The van der Waals surface area contributed by atoms with Gasteiger partial charge in [-0.05, 0) is 35.9 Å². The standard InChI is InChI=1S/C24H13ClN4O9/c25-12-2-5-16(17(8-12)29(35)36)26-20(11-1-6-18-19(7-11)38-10-37-18)21(24(26)32)27-22(30)14-4-3-13(28(33)34)9-15(14)23(27)31/h1-9,20-21H,10H2/t20-,21+/m1/s1. The Kier molecular flexibility index (Phi) is 5.07. The number of fused-ring (bicyclic) bond motifs is 2. The van der Waals surface area contributed by atoms with E-state index in [2.05, 4.69) is 0 Å². The molecule has 0 aromatic heterocycles. The maximum Gasteiger partial charge on any atom is 0.294 e. The molecule has 3 aliphatic heterocycles. The largest absolute Gasteiger partial charge is 0.454 e. The van der Waals surface area contributed by atoms with Crippen molar-refractivity contribution < 1.29 is 33.7 Å². The second-order valence-corrected chi connectivity index (χ2v) is 9.00. The Morgan fingerprint density at radius 2 is 1.53 bits per heavy atom. The van der Waals surface area contributed by atoms with Crippen molar-refractivity contribution in [2.24, 2.45) is 0 Å². The molecule has 3 aromatic carbocycles. The maximum absolute atomic E-state index is 13.6. The molecule has 3 heterocycles. The van der Waals surface area contributed by atoms with Gasteiger partial charge >= 0.3 is 0 Å². The summed E-state index contributed by atoms with van der Waals surface area (Å²) in [5.74, 6) is -1.67. The summed E-state index contributed by atoms with van der Waals surface area (Å²) in [5, 5.41) is 23.1. The van der Waals surface area contributed by atoms with Crippen LogP contribution in [0.3, 0.4) is 0 Å². The van der Waals surface area contributed by atoms with Crippen molar-refractivity contribution in [2.75, 3.05) is 11.7 Å². The Morgan fingerprint density at radius 3 is 2.26 bits per heavy atom. The first-order valence-corrected chi connectivity index (χ1v) is 11.4. The van der Waals surface area contributed by atoms with Crippen LogP contribution >= 0.6 is 11.6 Å². The quantitative estimate of drug-likeness (QED) is 0.205. The highest BCUT2D eigenvalue weighted by molar-refractivity contribution is 6.31. The summed E-state index contributed by atoms with van der Waals surface area (Å²) >= 11 is 5.95. The maximum atomic E-state index is 13.6. The number of carbonyl (C=O) groups excluding carboxylic acids is 3. The van der Waals surface area contributed by atoms with Crippen LogP contribution in [-0.4, -0.2) is 45.3 Å². The first kappa shape index (κ1) is 23.4. The molecule has 38 heavy (non-hydrogen) atoms. The lowest BCUT2D eigenvalue weighted by molar-refractivity contribution is -0.384. The molecule has 0 bridgehead atoms. The van der Waals surface area contributed by atoms with Crippen LogP contribution in [0.25, 0.3) is 0 Å². The number of halogens is 1. The zero-order valence-corrected chi connectivity index (χ0v) is 19.7. The minimum Gasteiger partial charge on any atom is -0.454 e. The lowest BCUT2D eigenvalue weighted by atomic mass is 9.86. The Bertz CT molecular complexity index is 1620. The summed E-state index contributed by atoms with van der Waals surface area (Å²) in [5.41, 5.74) is -0.822. The number of carbonyl (C=O) groups is 3. The molecule has 13 nitrogen and oxygen atoms in total. The number of benzene rings is 3. The normalized spacial score (nSPS) is 19.4. The van der Waals surface area contributed by atoms with Gasteiger partial charge in [-0.3, -0.25) is 44.4 Å². The average molecular weight is 537 g/mol. The number of hydrogen-bond acceptors (Lipinski definition) is 9. The number of rotatable bonds is 5. The Labute approximate surface area is 217 Å². The number of nitrogens with zero attached hydrogens (tertiary/aromatic N) is 4. The van der Waals surface area contributed by atoms with Crippen molar-refractivity contribution in [1.29, 1.82) is 0 Å². The van der Waals surface area contributed by atoms with Crippen molar-refractivity contribution in [3.63, 3.8) is 0 Å². The molecule has 0 unspecified atom stereocenters. The van der Waals surface area contributed by atoms with Gasteiger partial charge in [0.2, 0.25) is 6.79 Å². The lowest BCUT2D eigenvalue weighted by Crippen LogP contribution is -2.67. The molecule has 0 saturated carbocycles. The third-order valence-electron chi connectivity index (χ3n) is 6.59. The second-order valence-electron chi connectivity index (χ2n) is 8.57. The van der Waals surface area contributed by atoms with Crippen molar-refractivity contribution in [2.45, 2.75) is 12.1 Å². The number of ether oxygens (including phenoxy) is 2. The van der Waals surface area contributed by atoms with Gasteiger partial charge in [0.1, 0.15) is 11.7 Å². The van der Waals surface area contributed by atoms with Crippen LogP contribution in [0.1, 0.15) is 32.3 Å². The number of β-lactam (4-membered cyclic amide) rings is 1. The first-order valence-electron chi connectivity index (χ1n) is 11.0. The molecule has 0 aliphatic carbocycles. The third kappa shape index (κ3) is 3.29. The smallest absolute Gasteiger partial charge is 0.294 e. The highest BCUT2D eigenvalue weighted by Crippen LogP contribution is 2.49. The van der Waals surface area contributed by atoms with Crippen molar-refractivity contribution >= 4 is 46.4 Å². The van der Waals surface area contributed by atoms with Gasteiger partial charge in [-0.2, -0.15) is 0 Å². The number of nitro benzene ring substituents is 2. The monoisotopic (exact) mass is 536 g/mol. The van der Waals surface area contributed by atoms with E-state index < -0.39 is 51.0 Å². The van der Waals surface area contributed by atoms with Gasteiger partial charge in [0, 0.05) is 23.2 Å². The van der Waals surface area contributed by atoms with Gasteiger partial charge in [-0.1, -0.05) is 17.7 Å². The Morgan fingerprint density at radius 1 is 0.789 bits per heavy atom. The molecule has 0 spiro atoms. The molecule has 0 N–H and O–H groups in total. The molecular weight excluding hydrogens is 524 g/mol. The molecule has 190 valence electrons. The number of anilines is 1. The molecule has 3 aliphatic rings. The summed E-state index contributed by atoms with van der Waals surface area (Å²) in [7, 11) is 0. The summed E-state index contributed by atoms with van der Waals surface area (Å²) in [6.45, 7) is -0.0324. The van der Waals surface area contributed by atoms with Crippen LogP contribution in [0.2, 0.25) is 5.02 Å². The van der Waals surface area contributed by atoms with E-state index in [9.17, 15) is 34.6 Å². The minimum atomic E-state index is -1.39. The van der Waals surface area contributed by atoms with Crippen LogP contribution in [0.15, 0.2) is 54.6 Å². The molecule has 3 amide bonds. The predicted octanol–water partition coefficient (Wildman–Crippen LogP) is 3.64. The second kappa shape index (κ2) is 8.24. The van der Waals surface area contributed by atoms with Crippen molar-refractivity contribution in [1.82, 2.24) is 4.90 Å². The third-order valence-corrected chi connectivity index (χ3v) is 6.83. The molecule has 14 heteroatoms. The highest BCUT2D eigenvalue weighted by Gasteiger charge is 2.58. The van der Waals surface area contributed by atoms with Crippen LogP contribution in [0, 0.1) is 20.2 Å². The summed E-state index contributed by atoms with van der Waals surface area (Å²) in [4.78, 5) is 63.7. The van der Waals surface area contributed by atoms with Crippen LogP contribution in [0.5, 0.6) is 11.5 Å². The van der Waals surface area contributed by atoms with Gasteiger partial charge in [-0.15, -0.1) is 0 Å². The van der Waals surface area contributed by atoms with Crippen LogP contribution in [0.4, 0.5) is 17.1 Å². The van der Waals surface area contributed by atoms with Gasteiger partial charge < -0.3 is 9.47 Å². The fourth-order valence-electron chi connectivity index (χ4n) is 4.88. The molecular formula is C24H13ClN4O9. The Hall–Kier alpha value is -5.04. The average Bonchev–Trinajstić information content (AvgIpc) is 3.45. The molecule has 1 fully saturated rings. The zero-order valence-electron chi connectivity index (χ0n) is 18.9. The molecule has 1 saturated heterocycles. The number of amides is 3. The van der Waals surface area contributed by atoms with Crippen LogP contribution < -0.4 is 14.4 Å². The van der Waals surface area contributed by atoms with E-state index >= 15 is 0 Å². The topological polar surface area (TPSA) is 162 Å². The van der Waals surface area contributed by atoms with E-state index in [4.69, 9.17) is 21.1 Å². The minimum absolute atomic E-state index is 0.0324. The van der Waals surface area contributed by atoms with Crippen molar-refractivity contribution in [3.8, 4) is 11.5 Å². The van der Waals surface area contributed by atoms with E-state index in [-0.39, 0.29) is 28.6 Å². The molecule has 2 atom stereocenters. The highest BCUT2D eigenvalue weighted by atomic mass is 35.5. The fraction of sp³-hybridized carbons (Fsp3) is 0.125. The predicted molar refractivity (Wildman–Crippen MR) is 128 cm³/mol. The number of non-ortho nitro benzene ring substituents is 1. The van der Waals surface area contributed by atoms with Gasteiger partial charge in [0.25, 0.3) is 29.1 Å². The van der Waals surface area contributed by atoms with E-state index in [0.29, 0.717) is 17.1 Å². The van der Waals surface area contributed by atoms with Gasteiger partial charge in [0.05, 0.1) is 27.0 Å². The number of nitro groups is 2. The van der Waals surface area contributed by atoms with E-state index in [1.807, 2.05) is 0 Å². The van der Waals surface area contributed by atoms with Crippen LogP contribution in [-0.2, 0) is 4.79 Å². The number of hydrogen-bond donors (Lipinski definition) is 0. The molecule has 6 rings (SSSR count). The van der Waals surface area contributed by atoms with Crippen molar-refractivity contribution in [3.05, 3.63) is 96.5 Å². The first-order chi connectivity index (χ1) is 18.2. The van der Waals surface area contributed by atoms with Gasteiger partial charge in [-0.25, -0.2) is 0 Å². The van der Waals surface area contributed by atoms with E-state index in [1.54, 1.807) is 18.2 Å². The molecule has 3 aromatic rings. The zero-order chi connectivity index (χ0) is 26.9. The summed E-state index contributed by atoms with van der Waals surface area (Å²) < 4.78 is 10.8. The SMILES string of the molecule is O=C1c2ccc([N+](=O)[O-])cc2C(=O)N1[C@@H]1C(=O)N(c2ccc(Cl)cc2[N+](=O)[O-])[C@@H]1c1ccc2c(c1)OCO2. The van der Waals surface area contributed by atoms with E-state index in [1.165, 1.54) is 12.1 Å². The number of imide groups is 1. The fourth-order valence-corrected chi connectivity index (χ4v) is 5.05.